The van der Waals surface area contributed by atoms with Crippen molar-refractivity contribution in [1.29, 1.82) is 0 Å². The van der Waals surface area contributed by atoms with Gasteiger partial charge >= 0.3 is 5.97 Å². The molecule has 0 spiro atoms. The molecule has 1 aliphatic heterocycles. The van der Waals surface area contributed by atoms with E-state index >= 15 is 0 Å². The van der Waals surface area contributed by atoms with Crippen LogP contribution in [0, 0.1) is 23.7 Å². The molecule has 4 rings (SSSR count). The SMILES string of the molecule is O=C(O)C1CN(C(=O)CC2CC3CCC2C3)CC1c1ccccc1. The molecule has 2 bridgehead atoms. The summed E-state index contributed by atoms with van der Waals surface area (Å²) in [5.74, 6) is 0.910. The van der Waals surface area contributed by atoms with Gasteiger partial charge in [0.1, 0.15) is 0 Å². The van der Waals surface area contributed by atoms with Gasteiger partial charge in [0.15, 0.2) is 0 Å². The smallest absolute Gasteiger partial charge is 0.308 e. The Kier molecular flexibility index (Phi) is 4.07. The summed E-state index contributed by atoms with van der Waals surface area (Å²) in [6.07, 6.45) is 5.76. The summed E-state index contributed by atoms with van der Waals surface area (Å²) in [5.41, 5.74) is 1.03. The lowest BCUT2D eigenvalue weighted by Gasteiger charge is -2.24. The minimum Gasteiger partial charge on any atom is -0.481 e. The highest BCUT2D eigenvalue weighted by atomic mass is 16.4. The molecule has 1 N–H and O–H groups in total. The van der Waals surface area contributed by atoms with Crippen LogP contribution in [0.2, 0.25) is 0 Å². The number of carbonyl (C=O) groups is 2. The van der Waals surface area contributed by atoms with Crippen LogP contribution in [0.1, 0.15) is 43.6 Å². The van der Waals surface area contributed by atoms with Gasteiger partial charge in [0.2, 0.25) is 5.91 Å². The first kappa shape index (κ1) is 15.7. The Morgan fingerprint density at radius 1 is 1.08 bits per heavy atom. The van der Waals surface area contributed by atoms with Crippen LogP contribution in [0.3, 0.4) is 0 Å². The summed E-state index contributed by atoms with van der Waals surface area (Å²) in [7, 11) is 0. The van der Waals surface area contributed by atoms with Gasteiger partial charge in [-0.3, -0.25) is 9.59 Å². The first-order valence-corrected chi connectivity index (χ1v) is 9.17. The lowest BCUT2D eigenvalue weighted by atomic mass is 9.86. The first-order chi connectivity index (χ1) is 11.6. The van der Waals surface area contributed by atoms with Gasteiger partial charge in [0.25, 0.3) is 0 Å². The second kappa shape index (κ2) is 6.23. The minimum absolute atomic E-state index is 0.0901. The van der Waals surface area contributed by atoms with Crippen molar-refractivity contribution in [3.8, 4) is 0 Å². The van der Waals surface area contributed by atoms with E-state index in [0.717, 1.165) is 17.4 Å². The number of carboxylic acid groups (broad SMARTS) is 1. The summed E-state index contributed by atoms with van der Waals surface area (Å²) in [4.78, 5) is 26.2. The fraction of sp³-hybridized carbons (Fsp3) is 0.600. The number of carbonyl (C=O) groups excluding carboxylic acids is 1. The van der Waals surface area contributed by atoms with Crippen LogP contribution in [0.25, 0.3) is 0 Å². The van der Waals surface area contributed by atoms with Gasteiger partial charge in [-0.15, -0.1) is 0 Å². The fourth-order valence-electron chi connectivity index (χ4n) is 5.28. The Bertz CT molecular complexity index is 629. The Labute approximate surface area is 142 Å². The molecule has 24 heavy (non-hydrogen) atoms. The summed E-state index contributed by atoms with van der Waals surface area (Å²) >= 11 is 0. The molecule has 1 saturated heterocycles. The third kappa shape index (κ3) is 2.83. The van der Waals surface area contributed by atoms with Crippen molar-refractivity contribution < 1.29 is 14.7 Å². The maximum absolute atomic E-state index is 12.8. The fourth-order valence-corrected chi connectivity index (χ4v) is 5.28. The molecule has 0 aromatic heterocycles. The maximum Gasteiger partial charge on any atom is 0.308 e. The monoisotopic (exact) mass is 327 g/mol. The standard InChI is InChI=1S/C20H25NO3/c22-19(10-16-9-13-6-7-15(16)8-13)21-11-17(18(12-21)20(23)24)14-4-2-1-3-5-14/h1-5,13,15-18H,6-12H2,(H,23,24). The van der Waals surface area contributed by atoms with Gasteiger partial charge in [0, 0.05) is 25.4 Å². The zero-order valence-electron chi connectivity index (χ0n) is 13.9. The van der Waals surface area contributed by atoms with Crippen LogP contribution in [-0.4, -0.2) is 35.0 Å². The zero-order valence-corrected chi connectivity index (χ0v) is 13.9. The number of hydrogen-bond acceptors (Lipinski definition) is 2. The molecular formula is C20H25NO3. The third-order valence-corrected chi connectivity index (χ3v) is 6.54. The Hall–Kier alpha value is -1.84. The third-order valence-electron chi connectivity index (χ3n) is 6.54. The minimum atomic E-state index is -0.793. The molecule has 2 aliphatic carbocycles. The van der Waals surface area contributed by atoms with Gasteiger partial charge in [-0.25, -0.2) is 0 Å². The number of aliphatic carboxylic acids is 1. The van der Waals surface area contributed by atoms with Crippen molar-refractivity contribution in [2.24, 2.45) is 23.7 Å². The molecule has 4 nitrogen and oxygen atoms in total. The lowest BCUT2D eigenvalue weighted by molar-refractivity contribution is -0.141. The number of benzene rings is 1. The Balaban J connectivity index is 1.44. The predicted octanol–water partition coefficient (Wildman–Crippen LogP) is 3.14. The van der Waals surface area contributed by atoms with Crippen molar-refractivity contribution in [3.63, 3.8) is 0 Å². The van der Waals surface area contributed by atoms with E-state index < -0.39 is 11.9 Å². The Morgan fingerprint density at radius 3 is 2.50 bits per heavy atom. The highest BCUT2D eigenvalue weighted by molar-refractivity contribution is 5.80. The number of fused-ring (bicyclic) bond motifs is 2. The largest absolute Gasteiger partial charge is 0.481 e. The van der Waals surface area contributed by atoms with E-state index in [4.69, 9.17) is 0 Å². The average molecular weight is 327 g/mol. The van der Waals surface area contributed by atoms with E-state index in [0.29, 0.717) is 25.4 Å². The highest BCUT2D eigenvalue weighted by Gasteiger charge is 2.43. The Morgan fingerprint density at radius 2 is 1.88 bits per heavy atom. The lowest BCUT2D eigenvalue weighted by Crippen LogP contribution is -2.32. The molecule has 5 atom stereocenters. The normalized spacial score (nSPS) is 34.7. The van der Waals surface area contributed by atoms with Crippen molar-refractivity contribution in [3.05, 3.63) is 35.9 Å². The van der Waals surface area contributed by atoms with Gasteiger partial charge in [-0.05, 0) is 42.6 Å². The van der Waals surface area contributed by atoms with E-state index in [9.17, 15) is 14.7 Å². The summed E-state index contributed by atoms with van der Waals surface area (Å²) in [6.45, 7) is 0.898. The second-order valence-corrected chi connectivity index (χ2v) is 7.90. The van der Waals surface area contributed by atoms with E-state index in [-0.39, 0.29) is 11.8 Å². The first-order valence-electron chi connectivity index (χ1n) is 9.17. The van der Waals surface area contributed by atoms with Gasteiger partial charge in [0.05, 0.1) is 5.92 Å². The van der Waals surface area contributed by atoms with Crippen LogP contribution in [-0.2, 0) is 9.59 Å². The topological polar surface area (TPSA) is 57.6 Å². The summed E-state index contributed by atoms with van der Waals surface area (Å²) < 4.78 is 0. The van der Waals surface area contributed by atoms with E-state index in [2.05, 4.69) is 0 Å². The van der Waals surface area contributed by atoms with Crippen LogP contribution >= 0.6 is 0 Å². The number of carboxylic acids is 1. The summed E-state index contributed by atoms with van der Waals surface area (Å²) in [6, 6.07) is 9.77. The molecule has 1 aromatic rings. The van der Waals surface area contributed by atoms with E-state index in [1.165, 1.54) is 25.7 Å². The van der Waals surface area contributed by atoms with Crippen LogP contribution in [0.5, 0.6) is 0 Å². The molecule has 5 unspecified atom stereocenters. The molecule has 1 amide bonds. The number of likely N-dealkylation sites (tertiary alicyclic amines) is 1. The van der Waals surface area contributed by atoms with Gasteiger partial charge in [-0.2, -0.15) is 0 Å². The molecule has 1 aromatic carbocycles. The van der Waals surface area contributed by atoms with Crippen LogP contribution < -0.4 is 0 Å². The van der Waals surface area contributed by atoms with Crippen molar-refractivity contribution >= 4 is 11.9 Å². The van der Waals surface area contributed by atoms with E-state index in [1.807, 2.05) is 35.2 Å². The van der Waals surface area contributed by atoms with Crippen molar-refractivity contribution in [2.45, 2.75) is 38.0 Å². The number of nitrogens with zero attached hydrogens (tertiary/aromatic N) is 1. The van der Waals surface area contributed by atoms with Crippen LogP contribution in [0.15, 0.2) is 30.3 Å². The second-order valence-electron chi connectivity index (χ2n) is 7.90. The molecule has 2 saturated carbocycles. The van der Waals surface area contributed by atoms with Crippen molar-refractivity contribution in [2.75, 3.05) is 13.1 Å². The summed E-state index contributed by atoms with van der Waals surface area (Å²) in [5, 5.41) is 9.58. The molecule has 1 heterocycles. The molecule has 0 radical (unpaired) electrons. The number of amides is 1. The highest BCUT2D eigenvalue weighted by Crippen LogP contribution is 2.49. The number of hydrogen-bond donors (Lipinski definition) is 1. The maximum atomic E-state index is 12.8. The van der Waals surface area contributed by atoms with Crippen LogP contribution in [0.4, 0.5) is 0 Å². The average Bonchev–Trinajstić information content (AvgIpc) is 3.30. The molecule has 128 valence electrons. The van der Waals surface area contributed by atoms with E-state index in [1.54, 1.807) is 0 Å². The molecule has 3 fully saturated rings. The van der Waals surface area contributed by atoms with Crippen molar-refractivity contribution in [1.82, 2.24) is 4.90 Å². The zero-order chi connectivity index (χ0) is 16.7. The molecule has 3 aliphatic rings. The quantitative estimate of drug-likeness (QED) is 0.924. The number of rotatable bonds is 4. The predicted molar refractivity (Wildman–Crippen MR) is 90.4 cm³/mol. The van der Waals surface area contributed by atoms with Gasteiger partial charge in [-0.1, -0.05) is 36.8 Å². The molecule has 4 heteroatoms. The van der Waals surface area contributed by atoms with Gasteiger partial charge < -0.3 is 10.0 Å². The molecular weight excluding hydrogens is 302 g/mol.